The lowest BCUT2D eigenvalue weighted by Crippen LogP contribution is -1.98. The predicted octanol–water partition coefficient (Wildman–Crippen LogP) is 2.98. The first-order valence-corrected chi connectivity index (χ1v) is 4.35. The Kier molecular flexibility index (Phi) is 1.12. The molecule has 0 atom stereocenters. The molecule has 0 radical (unpaired) electrons. The summed E-state index contributed by atoms with van der Waals surface area (Å²) in [5, 5.41) is 0. The minimum absolute atomic E-state index is 0.876. The Labute approximate surface area is 57.6 Å². The maximum atomic E-state index is 2.36. The molecule has 0 N–H and O–H groups in total. The SMILES string of the molecule is CCC1(CC2CC2)CC1. The van der Waals surface area contributed by atoms with Crippen molar-refractivity contribution >= 4 is 0 Å². The quantitative estimate of drug-likeness (QED) is 0.542. The van der Waals surface area contributed by atoms with Gasteiger partial charge in [-0.2, -0.15) is 0 Å². The lowest BCUT2D eigenvalue weighted by atomic mass is 9.96. The van der Waals surface area contributed by atoms with Crippen molar-refractivity contribution in [1.29, 1.82) is 0 Å². The van der Waals surface area contributed by atoms with Crippen LogP contribution in [-0.4, -0.2) is 0 Å². The molecule has 0 heterocycles. The number of rotatable bonds is 3. The van der Waals surface area contributed by atoms with Crippen molar-refractivity contribution < 1.29 is 0 Å². The summed E-state index contributed by atoms with van der Waals surface area (Å²) in [7, 11) is 0. The summed E-state index contributed by atoms with van der Waals surface area (Å²) in [6, 6.07) is 0. The highest BCUT2D eigenvalue weighted by atomic mass is 14.5. The first-order chi connectivity index (χ1) is 4.35. The fourth-order valence-corrected chi connectivity index (χ4v) is 1.81. The Balaban J connectivity index is 1.81. The van der Waals surface area contributed by atoms with Crippen molar-refractivity contribution in [2.24, 2.45) is 11.3 Å². The molecule has 0 nitrogen and oxygen atoms in total. The molecule has 2 aliphatic carbocycles. The van der Waals surface area contributed by atoms with E-state index in [4.69, 9.17) is 0 Å². The summed E-state index contributed by atoms with van der Waals surface area (Å²) in [6.45, 7) is 2.36. The van der Waals surface area contributed by atoms with E-state index in [9.17, 15) is 0 Å². The topological polar surface area (TPSA) is 0 Å². The van der Waals surface area contributed by atoms with Crippen molar-refractivity contribution in [3.63, 3.8) is 0 Å². The van der Waals surface area contributed by atoms with E-state index in [-0.39, 0.29) is 0 Å². The highest BCUT2D eigenvalue weighted by Gasteiger charge is 2.44. The van der Waals surface area contributed by atoms with Crippen LogP contribution < -0.4 is 0 Å². The molecular weight excluding hydrogens is 108 g/mol. The Morgan fingerprint density at radius 1 is 1.33 bits per heavy atom. The van der Waals surface area contributed by atoms with Crippen molar-refractivity contribution in [2.45, 2.75) is 45.4 Å². The van der Waals surface area contributed by atoms with Gasteiger partial charge in [0.05, 0.1) is 0 Å². The Bertz CT molecular complexity index is 107. The average molecular weight is 124 g/mol. The first-order valence-electron chi connectivity index (χ1n) is 4.35. The van der Waals surface area contributed by atoms with E-state index in [2.05, 4.69) is 6.92 Å². The smallest absolute Gasteiger partial charge is 0.0297 e. The molecule has 0 heteroatoms. The van der Waals surface area contributed by atoms with Crippen molar-refractivity contribution in [3.05, 3.63) is 0 Å². The molecule has 0 aromatic rings. The lowest BCUT2D eigenvalue weighted by molar-refractivity contribution is 0.421. The van der Waals surface area contributed by atoms with Crippen molar-refractivity contribution in [3.8, 4) is 0 Å². The van der Waals surface area contributed by atoms with Crippen LogP contribution in [0.5, 0.6) is 0 Å². The van der Waals surface area contributed by atoms with Crippen LogP contribution in [0.3, 0.4) is 0 Å². The van der Waals surface area contributed by atoms with Crippen LogP contribution >= 0.6 is 0 Å². The second-order valence-electron chi connectivity index (χ2n) is 4.00. The van der Waals surface area contributed by atoms with E-state index >= 15 is 0 Å². The van der Waals surface area contributed by atoms with Gasteiger partial charge >= 0.3 is 0 Å². The van der Waals surface area contributed by atoms with Crippen LogP contribution in [0.4, 0.5) is 0 Å². The Morgan fingerprint density at radius 2 is 2.00 bits per heavy atom. The van der Waals surface area contributed by atoms with E-state index in [1.54, 1.807) is 32.1 Å². The van der Waals surface area contributed by atoms with Crippen LogP contribution in [-0.2, 0) is 0 Å². The molecule has 0 bridgehead atoms. The van der Waals surface area contributed by atoms with Gasteiger partial charge in [-0.1, -0.05) is 26.2 Å². The highest BCUT2D eigenvalue weighted by Crippen LogP contribution is 2.56. The minimum Gasteiger partial charge on any atom is -0.0649 e. The van der Waals surface area contributed by atoms with Gasteiger partial charge in [0, 0.05) is 0 Å². The number of hydrogen-bond donors (Lipinski definition) is 0. The number of hydrogen-bond acceptors (Lipinski definition) is 0. The molecule has 9 heavy (non-hydrogen) atoms. The van der Waals surface area contributed by atoms with Crippen LogP contribution in [0.1, 0.15) is 45.4 Å². The maximum Gasteiger partial charge on any atom is -0.0297 e. The van der Waals surface area contributed by atoms with Gasteiger partial charge in [0.15, 0.2) is 0 Å². The molecule has 0 spiro atoms. The molecule has 2 aliphatic rings. The standard InChI is InChI=1S/C9H16/c1-2-9(5-6-9)7-8-3-4-8/h8H,2-7H2,1H3. The Hall–Kier alpha value is 0. The zero-order chi connectivity index (χ0) is 6.32. The summed E-state index contributed by atoms with van der Waals surface area (Å²) < 4.78 is 0. The van der Waals surface area contributed by atoms with Gasteiger partial charge in [-0.15, -0.1) is 0 Å². The van der Waals surface area contributed by atoms with Crippen LogP contribution in [0, 0.1) is 11.3 Å². The molecule has 0 unspecified atom stereocenters. The largest absolute Gasteiger partial charge is 0.0649 e. The lowest BCUT2D eigenvalue weighted by Gasteiger charge is -2.09. The molecular formula is C9H16. The second-order valence-corrected chi connectivity index (χ2v) is 4.00. The average Bonchev–Trinajstić information content (AvgIpc) is 2.68. The molecule has 0 amide bonds. The molecule has 0 aromatic heterocycles. The molecule has 2 saturated carbocycles. The van der Waals surface area contributed by atoms with Gasteiger partial charge in [0.25, 0.3) is 0 Å². The van der Waals surface area contributed by atoms with Crippen LogP contribution in [0.25, 0.3) is 0 Å². The highest BCUT2D eigenvalue weighted by molar-refractivity contribution is 4.95. The molecule has 2 rings (SSSR count). The second kappa shape index (κ2) is 1.74. The van der Waals surface area contributed by atoms with Gasteiger partial charge in [-0.05, 0) is 30.6 Å². The monoisotopic (exact) mass is 124 g/mol. The molecule has 2 fully saturated rings. The van der Waals surface area contributed by atoms with E-state index in [0.29, 0.717) is 0 Å². The maximum absolute atomic E-state index is 2.36. The van der Waals surface area contributed by atoms with Crippen LogP contribution in [0.15, 0.2) is 0 Å². The summed E-state index contributed by atoms with van der Waals surface area (Å²) in [4.78, 5) is 0. The van der Waals surface area contributed by atoms with Crippen LogP contribution in [0.2, 0.25) is 0 Å². The van der Waals surface area contributed by atoms with Gasteiger partial charge < -0.3 is 0 Å². The van der Waals surface area contributed by atoms with E-state index in [1.165, 1.54) is 6.42 Å². The van der Waals surface area contributed by atoms with E-state index in [0.717, 1.165) is 11.3 Å². The third-order valence-electron chi connectivity index (χ3n) is 3.13. The van der Waals surface area contributed by atoms with Gasteiger partial charge in [0.2, 0.25) is 0 Å². The minimum atomic E-state index is 0.876. The molecule has 0 aromatic carbocycles. The molecule has 0 aliphatic heterocycles. The van der Waals surface area contributed by atoms with E-state index in [1.807, 2.05) is 0 Å². The summed E-state index contributed by atoms with van der Waals surface area (Å²) in [6.07, 6.45) is 9.19. The summed E-state index contributed by atoms with van der Waals surface area (Å²) in [5.74, 6) is 1.16. The van der Waals surface area contributed by atoms with Crippen molar-refractivity contribution in [1.82, 2.24) is 0 Å². The van der Waals surface area contributed by atoms with Gasteiger partial charge in [-0.25, -0.2) is 0 Å². The van der Waals surface area contributed by atoms with Gasteiger partial charge in [-0.3, -0.25) is 0 Å². The zero-order valence-electron chi connectivity index (χ0n) is 6.32. The normalized spacial score (nSPS) is 30.3. The Morgan fingerprint density at radius 3 is 2.33 bits per heavy atom. The summed E-state index contributed by atoms with van der Waals surface area (Å²) in [5.41, 5.74) is 0.876. The zero-order valence-corrected chi connectivity index (χ0v) is 6.32. The predicted molar refractivity (Wildman–Crippen MR) is 39.3 cm³/mol. The fourth-order valence-electron chi connectivity index (χ4n) is 1.81. The van der Waals surface area contributed by atoms with Gasteiger partial charge in [0.1, 0.15) is 0 Å². The molecule has 52 valence electrons. The molecule has 0 saturated heterocycles. The summed E-state index contributed by atoms with van der Waals surface area (Å²) >= 11 is 0. The first kappa shape index (κ1) is 5.76. The third kappa shape index (κ3) is 1.12. The fraction of sp³-hybridized carbons (Fsp3) is 1.00. The van der Waals surface area contributed by atoms with E-state index < -0.39 is 0 Å². The van der Waals surface area contributed by atoms with Crippen molar-refractivity contribution in [2.75, 3.05) is 0 Å². The third-order valence-corrected chi connectivity index (χ3v) is 3.13.